The van der Waals surface area contributed by atoms with Crippen molar-refractivity contribution in [1.82, 2.24) is 9.80 Å². The fraction of sp³-hybridized carbons (Fsp3) is 0.472. The summed E-state index contributed by atoms with van der Waals surface area (Å²) in [5.41, 5.74) is 1.71. The van der Waals surface area contributed by atoms with Crippen molar-refractivity contribution in [1.29, 1.82) is 0 Å². The summed E-state index contributed by atoms with van der Waals surface area (Å²) >= 11 is 1.67. The van der Waals surface area contributed by atoms with Crippen LogP contribution in [0.5, 0.6) is 5.75 Å². The first-order chi connectivity index (χ1) is 21.7. The number of anilines is 1. The molecule has 2 aromatic rings. The van der Waals surface area contributed by atoms with Gasteiger partial charge in [0.15, 0.2) is 0 Å². The fourth-order valence-corrected chi connectivity index (χ4v) is 9.93. The van der Waals surface area contributed by atoms with Gasteiger partial charge in [-0.25, -0.2) is 0 Å². The van der Waals surface area contributed by atoms with E-state index in [0.717, 1.165) is 17.7 Å². The van der Waals surface area contributed by atoms with Gasteiger partial charge >= 0.3 is 0 Å². The normalized spacial score (nSPS) is 26.4. The van der Waals surface area contributed by atoms with E-state index in [2.05, 4.69) is 20.1 Å². The van der Waals surface area contributed by atoms with Gasteiger partial charge in [0.05, 0.1) is 23.2 Å². The molecule has 5 rings (SSSR count). The summed E-state index contributed by atoms with van der Waals surface area (Å²) in [6.45, 7) is 13.8. The Hall–Kier alpha value is -3.56. The van der Waals surface area contributed by atoms with Crippen LogP contribution in [0, 0.1) is 11.8 Å². The molecule has 3 amide bonds. The molecule has 1 spiro atoms. The molecule has 2 unspecified atom stereocenters. The number of fused-ring (bicyclic) bond motifs is 1. The van der Waals surface area contributed by atoms with E-state index in [4.69, 9.17) is 4.74 Å². The van der Waals surface area contributed by atoms with Gasteiger partial charge in [-0.3, -0.25) is 14.4 Å². The van der Waals surface area contributed by atoms with Crippen molar-refractivity contribution in [3.63, 3.8) is 0 Å². The number of amides is 3. The molecule has 3 saturated heterocycles. The Balaban J connectivity index is 1.52. The van der Waals surface area contributed by atoms with Gasteiger partial charge in [-0.2, -0.15) is 0 Å². The average Bonchev–Trinajstić information content (AvgIpc) is 3.61. The number of ether oxygens (including phenoxy) is 1. The second-order valence-electron chi connectivity index (χ2n) is 12.3. The standard InChI is InChI=1S/C36H45N3O5S/c1-5-21-37(25-26-13-9-8-10-14-26)34(43)31-36-20-19-35(4,45-36)29(30(36)33(42)39(31)23-11-12-24-40)32(41)38(22-6-2)27-15-17-28(18-16-27)44-7-3/h5-6,8-10,13-18,29-31,40H,1-2,7,11-12,19-25H2,3-4H3/t29-,30-,31?,35+,36?/m0/s1. The number of rotatable bonds is 15. The highest BCUT2D eigenvalue weighted by molar-refractivity contribution is 8.02. The summed E-state index contributed by atoms with van der Waals surface area (Å²) in [5, 5.41) is 9.52. The summed E-state index contributed by atoms with van der Waals surface area (Å²) in [5.74, 6) is -0.879. The minimum atomic E-state index is -0.725. The largest absolute Gasteiger partial charge is 0.494 e. The van der Waals surface area contributed by atoms with Gasteiger partial charge in [0.1, 0.15) is 11.8 Å². The molecule has 2 bridgehead atoms. The van der Waals surface area contributed by atoms with Gasteiger partial charge in [-0.05, 0) is 69.4 Å². The van der Waals surface area contributed by atoms with Crippen molar-refractivity contribution in [2.75, 3.05) is 37.7 Å². The van der Waals surface area contributed by atoms with Gasteiger partial charge in [-0.1, -0.05) is 42.5 Å². The Morgan fingerprint density at radius 1 is 1.04 bits per heavy atom. The maximum absolute atomic E-state index is 14.7. The average molecular weight is 632 g/mol. The van der Waals surface area contributed by atoms with Gasteiger partial charge in [0, 0.05) is 43.2 Å². The van der Waals surface area contributed by atoms with Crippen LogP contribution in [0.25, 0.3) is 0 Å². The third-order valence-electron chi connectivity index (χ3n) is 9.50. The number of aliphatic hydroxyl groups is 1. The quantitative estimate of drug-likeness (QED) is 0.218. The van der Waals surface area contributed by atoms with Crippen LogP contribution in [-0.4, -0.2) is 81.0 Å². The Kier molecular flexibility index (Phi) is 10.1. The smallest absolute Gasteiger partial charge is 0.247 e. The summed E-state index contributed by atoms with van der Waals surface area (Å²) in [6, 6.07) is 16.5. The molecule has 3 aliphatic rings. The summed E-state index contributed by atoms with van der Waals surface area (Å²) in [7, 11) is 0. The minimum Gasteiger partial charge on any atom is -0.494 e. The van der Waals surface area contributed by atoms with Crippen molar-refractivity contribution in [2.24, 2.45) is 11.8 Å². The maximum Gasteiger partial charge on any atom is 0.247 e. The lowest BCUT2D eigenvalue weighted by molar-refractivity contribution is -0.143. The van der Waals surface area contributed by atoms with Crippen molar-refractivity contribution in [3.05, 3.63) is 85.5 Å². The van der Waals surface area contributed by atoms with Crippen LogP contribution < -0.4 is 9.64 Å². The molecule has 3 heterocycles. The zero-order valence-corrected chi connectivity index (χ0v) is 27.2. The number of carbonyl (C=O) groups excluding carboxylic acids is 3. The number of thioether (sulfide) groups is 1. The number of nitrogens with zero attached hydrogens (tertiary/aromatic N) is 3. The number of carbonyl (C=O) groups is 3. The topological polar surface area (TPSA) is 90.4 Å². The third kappa shape index (κ3) is 6.04. The van der Waals surface area contributed by atoms with E-state index in [1.807, 2.05) is 61.5 Å². The molecular weight excluding hydrogens is 586 g/mol. The Bertz CT molecular complexity index is 1400. The predicted molar refractivity (Wildman–Crippen MR) is 179 cm³/mol. The highest BCUT2D eigenvalue weighted by Crippen LogP contribution is 2.71. The van der Waals surface area contributed by atoms with Crippen molar-refractivity contribution >= 4 is 35.2 Å². The first kappa shape index (κ1) is 32.8. The Morgan fingerprint density at radius 2 is 1.76 bits per heavy atom. The first-order valence-corrected chi connectivity index (χ1v) is 16.8. The molecule has 2 aromatic carbocycles. The molecule has 9 heteroatoms. The van der Waals surface area contributed by atoms with Gasteiger partial charge in [0.2, 0.25) is 17.7 Å². The van der Waals surface area contributed by atoms with E-state index in [1.165, 1.54) is 0 Å². The van der Waals surface area contributed by atoms with E-state index in [0.29, 0.717) is 57.7 Å². The third-order valence-corrected chi connectivity index (χ3v) is 11.5. The molecule has 0 saturated carbocycles. The molecule has 0 aromatic heterocycles. The highest BCUT2D eigenvalue weighted by Gasteiger charge is 2.77. The molecule has 1 N–H and O–H groups in total. The Labute approximate surface area is 271 Å². The van der Waals surface area contributed by atoms with E-state index in [-0.39, 0.29) is 24.3 Å². The fourth-order valence-electron chi connectivity index (χ4n) is 7.59. The van der Waals surface area contributed by atoms with Gasteiger partial charge in [-0.15, -0.1) is 24.9 Å². The number of unbranched alkanes of at least 4 members (excludes halogenated alkanes) is 1. The van der Waals surface area contributed by atoms with Crippen LogP contribution in [0.3, 0.4) is 0 Å². The van der Waals surface area contributed by atoms with Crippen LogP contribution in [0.4, 0.5) is 5.69 Å². The molecule has 0 aliphatic carbocycles. The Morgan fingerprint density at radius 3 is 2.40 bits per heavy atom. The monoisotopic (exact) mass is 631 g/mol. The number of aliphatic hydroxyl groups excluding tert-OH is 1. The SMILES string of the molecule is C=CCN(Cc1ccccc1)C(=O)C1N(CCCCO)C(=O)[C@@H]2[C@@H](C(=O)N(CC=C)c3ccc(OCC)cc3)[C@@]3(C)CCC12S3. The predicted octanol–water partition coefficient (Wildman–Crippen LogP) is 5.07. The lowest BCUT2D eigenvalue weighted by Crippen LogP contribution is -2.55. The van der Waals surface area contributed by atoms with Gasteiger partial charge in [0.25, 0.3) is 0 Å². The molecular formula is C36H45N3O5S. The van der Waals surface area contributed by atoms with Crippen LogP contribution >= 0.6 is 11.8 Å². The van der Waals surface area contributed by atoms with E-state index < -0.39 is 27.4 Å². The minimum absolute atomic E-state index is 0.0122. The summed E-state index contributed by atoms with van der Waals surface area (Å²) < 4.78 is 4.39. The zero-order chi connectivity index (χ0) is 32.2. The van der Waals surface area contributed by atoms with Crippen molar-refractivity contribution in [2.45, 2.75) is 61.6 Å². The van der Waals surface area contributed by atoms with Gasteiger partial charge < -0.3 is 24.5 Å². The molecule has 45 heavy (non-hydrogen) atoms. The molecule has 3 aliphatic heterocycles. The zero-order valence-electron chi connectivity index (χ0n) is 26.4. The molecule has 3 fully saturated rings. The van der Waals surface area contributed by atoms with Crippen LogP contribution in [0.1, 0.15) is 45.1 Å². The second-order valence-corrected chi connectivity index (χ2v) is 14.2. The number of likely N-dealkylation sites (tertiary alicyclic amines) is 1. The van der Waals surface area contributed by atoms with E-state index in [9.17, 15) is 19.5 Å². The molecule has 240 valence electrons. The van der Waals surface area contributed by atoms with E-state index in [1.54, 1.807) is 38.6 Å². The van der Waals surface area contributed by atoms with Crippen molar-refractivity contribution < 1.29 is 24.2 Å². The van der Waals surface area contributed by atoms with Crippen LogP contribution in [0.2, 0.25) is 0 Å². The summed E-state index contributed by atoms with van der Waals surface area (Å²) in [4.78, 5) is 49.1. The number of benzene rings is 2. The number of hydrogen-bond donors (Lipinski definition) is 1. The lowest BCUT2D eigenvalue weighted by atomic mass is 9.66. The molecule has 5 atom stereocenters. The first-order valence-electron chi connectivity index (χ1n) is 15.9. The second kappa shape index (κ2) is 13.8. The van der Waals surface area contributed by atoms with Crippen LogP contribution in [-0.2, 0) is 20.9 Å². The maximum atomic E-state index is 14.7. The molecule has 8 nitrogen and oxygen atoms in total. The number of hydrogen-bond acceptors (Lipinski definition) is 6. The van der Waals surface area contributed by atoms with Crippen LogP contribution in [0.15, 0.2) is 79.9 Å². The van der Waals surface area contributed by atoms with Crippen molar-refractivity contribution in [3.8, 4) is 5.75 Å². The van der Waals surface area contributed by atoms with E-state index >= 15 is 0 Å². The molecule has 0 radical (unpaired) electrons. The summed E-state index contributed by atoms with van der Waals surface area (Å²) in [6.07, 6.45) is 5.94. The highest BCUT2D eigenvalue weighted by atomic mass is 32.2. The lowest BCUT2D eigenvalue weighted by Gasteiger charge is -2.38.